The maximum Gasteiger partial charge on any atom is 0.303 e. The molecular weight excluding hydrogens is 350 g/mol. The molecule has 0 atom stereocenters. The number of carboxylic acid groups (broad SMARTS) is 1. The van der Waals surface area contributed by atoms with E-state index in [1.54, 1.807) is 16.7 Å². The van der Waals surface area contributed by atoms with Crippen molar-refractivity contribution in [1.29, 1.82) is 0 Å². The lowest BCUT2D eigenvalue weighted by Crippen LogP contribution is -2.23. The minimum atomic E-state index is -0.795. The van der Waals surface area contributed by atoms with Crippen LogP contribution in [0.5, 0.6) is 0 Å². The van der Waals surface area contributed by atoms with E-state index in [0.717, 1.165) is 42.3 Å². The number of carboxylic acids is 1. The quantitative estimate of drug-likeness (QED) is 0.756. The molecule has 1 aromatic carbocycles. The van der Waals surface area contributed by atoms with Crippen molar-refractivity contribution < 1.29 is 9.90 Å². The van der Waals surface area contributed by atoms with Crippen LogP contribution in [0.1, 0.15) is 62.6 Å². The monoisotopic (exact) mass is 373 g/mol. The van der Waals surface area contributed by atoms with Gasteiger partial charge in [-0.2, -0.15) is 0 Å². The average molecular weight is 374 g/mol. The number of aromatic nitrogens is 1. The number of benzene rings is 1. The van der Waals surface area contributed by atoms with Crippen molar-refractivity contribution in [2.45, 2.75) is 57.8 Å². The van der Waals surface area contributed by atoms with Crippen molar-refractivity contribution in [3.05, 3.63) is 50.9 Å². The number of halogens is 1. The highest BCUT2D eigenvalue weighted by Crippen LogP contribution is 2.38. The normalized spacial score (nSPS) is 15.3. The maximum absolute atomic E-state index is 13.1. The van der Waals surface area contributed by atoms with Gasteiger partial charge in [-0.3, -0.25) is 14.2 Å². The summed E-state index contributed by atoms with van der Waals surface area (Å²) in [5.74, 6) is -0.460. The predicted octanol–water partition coefficient (Wildman–Crippen LogP) is 5.21. The highest BCUT2D eigenvalue weighted by Gasteiger charge is 2.25. The molecule has 0 aliphatic heterocycles. The van der Waals surface area contributed by atoms with E-state index >= 15 is 0 Å². The molecule has 1 heterocycles. The van der Waals surface area contributed by atoms with E-state index in [9.17, 15) is 9.59 Å². The molecule has 1 fully saturated rings. The summed E-state index contributed by atoms with van der Waals surface area (Å²) < 4.78 is 1.78. The van der Waals surface area contributed by atoms with Gasteiger partial charge < -0.3 is 5.11 Å². The Morgan fingerprint density at radius 3 is 2.69 bits per heavy atom. The van der Waals surface area contributed by atoms with Crippen molar-refractivity contribution in [3.63, 3.8) is 0 Å². The molecule has 4 nitrogen and oxygen atoms in total. The standard InChI is InChI=1S/C21H24ClNO3/c1-2-12-23-20(14-6-3-4-7-14)16(8-5-9-19(24)25)18-13-15(22)10-11-17(18)21(23)26/h2,10-14H,3-9H2,1H3,(H,24,25). The summed E-state index contributed by atoms with van der Waals surface area (Å²) in [7, 11) is 0. The first-order chi connectivity index (χ1) is 12.5. The van der Waals surface area contributed by atoms with E-state index in [-0.39, 0.29) is 12.0 Å². The molecule has 138 valence electrons. The minimum Gasteiger partial charge on any atom is -0.481 e. The second-order valence-corrected chi connectivity index (χ2v) is 7.38. The fraction of sp³-hybridized carbons (Fsp3) is 0.429. The Labute approximate surface area is 158 Å². The molecule has 3 rings (SSSR count). The van der Waals surface area contributed by atoms with Crippen LogP contribution < -0.4 is 5.56 Å². The van der Waals surface area contributed by atoms with Crippen LogP contribution in [-0.2, 0) is 11.2 Å². The van der Waals surface area contributed by atoms with Crippen molar-refractivity contribution in [1.82, 2.24) is 4.57 Å². The Hall–Kier alpha value is -2.07. The summed E-state index contributed by atoms with van der Waals surface area (Å²) in [6.45, 7) is 1.90. The number of hydrogen-bond acceptors (Lipinski definition) is 2. The number of aliphatic carboxylic acids is 1. The lowest BCUT2D eigenvalue weighted by Gasteiger charge is -2.22. The summed E-state index contributed by atoms with van der Waals surface area (Å²) in [4.78, 5) is 24.1. The number of hydrogen-bond donors (Lipinski definition) is 1. The Morgan fingerprint density at radius 1 is 1.31 bits per heavy atom. The fourth-order valence-electron chi connectivity index (χ4n) is 4.09. The summed E-state index contributed by atoms with van der Waals surface area (Å²) in [6, 6.07) is 5.37. The van der Waals surface area contributed by atoms with Crippen LogP contribution in [0.25, 0.3) is 17.0 Å². The third kappa shape index (κ3) is 3.70. The Balaban J connectivity index is 2.27. The van der Waals surface area contributed by atoms with Gasteiger partial charge in [0.25, 0.3) is 5.56 Å². The van der Waals surface area contributed by atoms with E-state index in [1.807, 2.05) is 25.3 Å². The van der Waals surface area contributed by atoms with Crippen LogP contribution in [0, 0.1) is 0 Å². The van der Waals surface area contributed by atoms with Crippen molar-refractivity contribution >= 4 is 34.5 Å². The zero-order valence-electron chi connectivity index (χ0n) is 15.0. The average Bonchev–Trinajstić information content (AvgIpc) is 3.12. The molecule has 0 radical (unpaired) electrons. The first-order valence-electron chi connectivity index (χ1n) is 9.24. The summed E-state index contributed by atoms with van der Waals surface area (Å²) >= 11 is 6.22. The second kappa shape index (κ2) is 8.09. The van der Waals surface area contributed by atoms with Gasteiger partial charge in [-0.15, -0.1) is 0 Å². The van der Waals surface area contributed by atoms with Gasteiger partial charge in [0.1, 0.15) is 0 Å². The van der Waals surface area contributed by atoms with Crippen molar-refractivity contribution in [2.24, 2.45) is 0 Å². The van der Waals surface area contributed by atoms with Crippen LogP contribution >= 0.6 is 11.6 Å². The van der Waals surface area contributed by atoms with Gasteiger partial charge in [-0.1, -0.05) is 30.5 Å². The van der Waals surface area contributed by atoms with Crippen molar-refractivity contribution in [3.8, 4) is 0 Å². The molecule has 0 saturated heterocycles. The molecule has 1 saturated carbocycles. The van der Waals surface area contributed by atoms with E-state index in [2.05, 4.69) is 0 Å². The van der Waals surface area contributed by atoms with E-state index < -0.39 is 5.97 Å². The molecule has 0 spiro atoms. The lowest BCUT2D eigenvalue weighted by atomic mass is 9.91. The first kappa shape index (κ1) is 18.7. The van der Waals surface area contributed by atoms with Crippen LogP contribution in [0.15, 0.2) is 29.1 Å². The van der Waals surface area contributed by atoms with Gasteiger partial charge in [-0.05, 0) is 67.7 Å². The molecule has 0 bridgehead atoms. The molecule has 0 unspecified atom stereocenters. The van der Waals surface area contributed by atoms with E-state index in [1.165, 1.54) is 0 Å². The molecule has 0 amide bonds. The Kier molecular flexibility index (Phi) is 5.82. The second-order valence-electron chi connectivity index (χ2n) is 6.94. The van der Waals surface area contributed by atoms with Gasteiger partial charge in [0.05, 0.1) is 0 Å². The molecule has 1 aromatic heterocycles. The third-order valence-corrected chi connectivity index (χ3v) is 5.42. The molecule has 1 N–H and O–H groups in total. The number of carbonyl (C=O) groups is 1. The van der Waals surface area contributed by atoms with Crippen LogP contribution in [0.4, 0.5) is 0 Å². The van der Waals surface area contributed by atoms with Gasteiger partial charge in [0, 0.05) is 28.7 Å². The van der Waals surface area contributed by atoms with Gasteiger partial charge in [0.2, 0.25) is 0 Å². The lowest BCUT2D eigenvalue weighted by molar-refractivity contribution is -0.137. The summed E-state index contributed by atoms with van der Waals surface area (Å²) in [5.41, 5.74) is 2.10. The van der Waals surface area contributed by atoms with E-state index in [4.69, 9.17) is 16.7 Å². The smallest absolute Gasteiger partial charge is 0.303 e. The van der Waals surface area contributed by atoms with E-state index in [0.29, 0.717) is 29.2 Å². The number of nitrogens with zero attached hydrogens (tertiary/aromatic N) is 1. The van der Waals surface area contributed by atoms with Crippen LogP contribution in [-0.4, -0.2) is 15.6 Å². The van der Waals surface area contributed by atoms with Crippen molar-refractivity contribution in [2.75, 3.05) is 0 Å². The molecule has 1 aliphatic carbocycles. The Morgan fingerprint density at radius 2 is 2.04 bits per heavy atom. The first-order valence-corrected chi connectivity index (χ1v) is 9.62. The number of rotatable bonds is 6. The van der Waals surface area contributed by atoms with Crippen LogP contribution in [0.2, 0.25) is 5.02 Å². The number of aryl methyl sites for hydroxylation is 1. The molecule has 1 aliphatic rings. The SMILES string of the molecule is CC=Cn1c(C2CCCC2)c(CCCC(=O)O)c2cc(Cl)ccc2c1=O. The number of fused-ring (bicyclic) bond motifs is 1. The zero-order valence-corrected chi connectivity index (χ0v) is 15.8. The van der Waals surface area contributed by atoms with Gasteiger partial charge in [0.15, 0.2) is 0 Å². The van der Waals surface area contributed by atoms with Gasteiger partial charge in [-0.25, -0.2) is 0 Å². The number of pyridine rings is 1. The third-order valence-electron chi connectivity index (χ3n) is 5.18. The maximum atomic E-state index is 13.1. The molecule has 2 aromatic rings. The zero-order chi connectivity index (χ0) is 18.7. The molecule has 26 heavy (non-hydrogen) atoms. The van der Waals surface area contributed by atoms with Gasteiger partial charge >= 0.3 is 5.97 Å². The Bertz CT molecular complexity index is 908. The molecule has 5 heteroatoms. The topological polar surface area (TPSA) is 59.3 Å². The largest absolute Gasteiger partial charge is 0.481 e. The summed E-state index contributed by atoms with van der Waals surface area (Å²) in [6.07, 6.45) is 9.47. The minimum absolute atomic E-state index is 0.0290. The molecular formula is C21H24ClNO3. The fourth-order valence-corrected chi connectivity index (χ4v) is 4.27. The summed E-state index contributed by atoms with van der Waals surface area (Å²) in [5, 5.41) is 11.1. The number of allylic oxidation sites excluding steroid dienone is 1. The highest BCUT2D eigenvalue weighted by atomic mass is 35.5. The highest BCUT2D eigenvalue weighted by molar-refractivity contribution is 6.31. The predicted molar refractivity (Wildman–Crippen MR) is 106 cm³/mol. The van der Waals surface area contributed by atoms with Crippen LogP contribution in [0.3, 0.4) is 0 Å².